The highest BCUT2D eigenvalue weighted by atomic mass is 19.1. The molecule has 0 saturated carbocycles. The third-order valence-electron chi connectivity index (χ3n) is 2.14. The van der Waals surface area contributed by atoms with E-state index in [1.165, 1.54) is 24.5 Å². The van der Waals surface area contributed by atoms with E-state index in [0.29, 0.717) is 0 Å². The van der Waals surface area contributed by atoms with Crippen molar-refractivity contribution in [2.24, 2.45) is 0 Å². The van der Waals surface area contributed by atoms with Gasteiger partial charge in [-0.1, -0.05) is 11.6 Å². The molecule has 0 spiro atoms. The molecule has 2 aromatic rings. The molecule has 0 amide bonds. The second-order valence-electron chi connectivity index (χ2n) is 3.38. The first-order chi connectivity index (χ1) is 7.68. The molecular weight excluding hydrogens is 207 g/mol. The van der Waals surface area contributed by atoms with Gasteiger partial charge in [0.2, 0.25) is 11.6 Å². The second kappa shape index (κ2) is 4.18. The fourth-order valence-corrected chi connectivity index (χ4v) is 1.35. The van der Waals surface area contributed by atoms with Gasteiger partial charge in [-0.15, -0.1) is 0 Å². The molecule has 0 aliphatic carbocycles. The molecule has 0 unspecified atom stereocenters. The largest absolute Gasteiger partial charge is 0.285 e. The summed E-state index contributed by atoms with van der Waals surface area (Å²) in [6.45, 7) is 1.79. The van der Waals surface area contributed by atoms with Crippen molar-refractivity contribution in [3.8, 4) is 0 Å². The monoisotopic (exact) mass is 216 g/mol. The van der Waals surface area contributed by atoms with E-state index in [2.05, 4.69) is 9.97 Å². The van der Waals surface area contributed by atoms with Gasteiger partial charge in [0.1, 0.15) is 5.82 Å². The van der Waals surface area contributed by atoms with Crippen LogP contribution in [0.2, 0.25) is 0 Å². The number of nitrogens with zero attached hydrogens (tertiary/aromatic N) is 2. The summed E-state index contributed by atoms with van der Waals surface area (Å²) < 4.78 is 13.4. The van der Waals surface area contributed by atoms with Gasteiger partial charge in [0.05, 0.1) is 5.56 Å². The zero-order valence-corrected chi connectivity index (χ0v) is 8.64. The molecule has 0 bridgehead atoms. The molecule has 1 heterocycles. The maximum atomic E-state index is 13.4. The summed E-state index contributed by atoms with van der Waals surface area (Å²) in [7, 11) is 0. The van der Waals surface area contributed by atoms with Crippen molar-refractivity contribution in [2.45, 2.75) is 6.92 Å². The summed E-state index contributed by atoms with van der Waals surface area (Å²) in [5.74, 6) is -1.04. The average Bonchev–Trinajstić information content (AvgIpc) is 2.32. The lowest BCUT2D eigenvalue weighted by atomic mass is 10.1. The van der Waals surface area contributed by atoms with Crippen molar-refractivity contribution >= 4 is 5.78 Å². The van der Waals surface area contributed by atoms with E-state index in [1.807, 2.05) is 0 Å². The molecular formula is C12H9FN2O. The van der Waals surface area contributed by atoms with Crippen LogP contribution < -0.4 is 0 Å². The van der Waals surface area contributed by atoms with Gasteiger partial charge in [-0.2, -0.15) is 0 Å². The van der Waals surface area contributed by atoms with Crippen molar-refractivity contribution in [2.75, 3.05) is 0 Å². The Morgan fingerprint density at radius 2 is 1.94 bits per heavy atom. The smallest absolute Gasteiger partial charge is 0.233 e. The number of ketones is 1. The van der Waals surface area contributed by atoms with Gasteiger partial charge in [0.25, 0.3) is 0 Å². The Kier molecular flexibility index (Phi) is 2.72. The highest BCUT2D eigenvalue weighted by Crippen LogP contribution is 2.12. The first kappa shape index (κ1) is 10.4. The Bertz CT molecular complexity index is 526. The lowest BCUT2D eigenvalue weighted by molar-refractivity contribution is 0.102. The first-order valence-electron chi connectivity index (χ1n) is 4.76. The van der Waals surface area contributed by atoms with Crippen molar-refractivity contribution in [1.29, 1.82) is 0 Å². The molecule has 0 radical (unpaired) electrons. The summed E-state index contributed by atoms with van der Waals surface area (Å²) in [6, 6.07) is 5.97. The molecule has 0 atom stereocenters. The molecule has 1 aromatic heterocycles. The number of benzene rings is 1. The summed E-state index contributed by atoms with van der Waals surface area (Å²) in [4.78, 5) is 19.5. The Labute approximate surface area is 92.0 Å². The average molecular weight is 216 g/mol. The molecule has 2 rings (SSSR count). The van der Waals surface area contributed by atoms with Crippen LogP contribution in [0.1, 0.15) is 21.7 Å². The maximum absolute atomic E-state index is 13.4. The second-order valence-corrected chi connectivity index (χ2v) is 3.38. The highest BCUT2D eigenvalue weighted by Gasteiger charge is 2.15. The van der Waals surface area contributed by atoms with Gasteiger partial charge in [0.15, 0.2) is 0 Å². The third kappa shape index (κ3) is 1.95. The van der Waals surface area contributed by atoms with Gasteiger partial charge < -0.3 is 0 Å². The fourth-order valence-electron chi connectivity index (χ4n) is 1.35. The van der Waals surface area contributed by atoms with Gasteiger partial charge in [-0.25, -0.2) is 14.4 Å². The minimum Gasteiger partial charge on any atom is -0.285 e. The van der Waals surface area contributed by atoms with E-state index < -0.39 is 11.6 Å². The molecule has 0 aliphatic heterocycles. The molecule has 80 valence electrons. The van der Waals surface area contributed by atoms with E-state index >= 15 is 0 Å². The van der Waals surface area contributed by atoms with Crippen LogP contribution in [0.15, 0.2) is 36.7 Å². The van der Waals surface area contributed by atoms with Gasteiger partial charge in [-0.05, 0) is 25.1 Å². The van der Waals surface area contributed by atoms with E-state index in [0.717, 1.165) is 5.56 Å². The number of carbonyl (C=O) groups is 1. The Balaban J connectivity index is 2.46. The van der Waals surface area contributed by atoms with E-state index in [9.17, 15) is 9.18 Å². The minimum absolute atomic E-state index is 0.00574. The topological polar surface area (TPSA) is 42.9 Å². The van der Waals surface area contributed by atoms with Gasteiger partial charge in [0, 0.05) is 12.4 Å². The first-order valence-corrected chi connectivity index (χ1v) is 4.76. The summed E-state index contributed by atoms with van der Waals surface area (Å²) in [5, 5.41) is 0. The standard InChI is InChI=1S/C12H9FN2O/c1-8-3-4-10(13)9(7-8)11(16)12-14-5-2-6-15-12/h2-7H,1H3. The Morgan fingerprint density at radius 1 is 1.25 bits per heavy atom. The molecule has 0 fully saturated rings. The van der Waals surface area contributed by atoms with Crippen LogP contribution in [0.25, 0.3) is 0 Å². The van der Waals surface area contributed by atoms with E-state index in [-0.39, 0.29) is 11.4 Å². The predicted octanol–water partition coefficient (Wildman–Crippen LogP) is 2.16. The van der Waals surface area contributed by atoms with Gasteiger partial charge >= 0.3 is 0 Å². The lowest BCUT2D eigenvalue weighted by Crippen LogP contribution is -2.08. The quantitative estimate of drug-likeness (QED) is 0.722. The highest BCUT2D eigenvalue weighted by molar-refractivity contribution is 6.06. The molecule has 0 saturated heterocycles. The zero-order valence-electron chi connectivity index (χ0n) is 8.64. The molecule has 0 aliphatic rings. The van der Waals surface area contributed by atoms with Crippen molar-refractivity contribution in [3.63, 3.8) is 0 Å². The normalized spacial score (nSPS) is 10.1. The molecule has 3 nitrogen and oxygen atoms in total. The Morgan fingerprint density at radius 3 is 2.62 bits per heavy atom. The van der Waals surface area contributed by atoms with Crippen molar-refractivity contribution < 1.29 is 9.18 Å². The van der Waals surface area contributed by atoms with Crippen LogP contribution in [-0.2, 0) is 0 Å². The summed E-state index contributed by atoms with van der Waals surface area (Å²) in [5.41, 5.74) is 0.826. The van der Waals surface area contributed by atoms with Gasteiger partial charge in [-0.3, -0.25) is 4.79 Å². The van der Waals surface area contributed by atoms with Crippen LogP contribution in [0.3, 0.4) is 0 Å². The SMILES string of the molecule is Cc1ccc(F)c(C(=O)c2ncccn2)c1. The molecule has 4 heteroatoms. The number of halogens is 1. The number of hydrogen-bond acceptors (Lipinski definition) is 3. The lowest BCUT2D eigenvalue weighted by Gasteiger charge is -2.02. The molecule has 1 aromatic carbocycles. The number of aromatic nitrogens is 2. The van der Waals surface area contributed by atoms with E-state index in [1.54, 1.807) is 19.1 Å². The Hall–Kier alpha value is -2.10. The van der Waals surface area contributed by atoms with Crippen molar-refractivity contribution in [3.05, 3.63) is 59.4 Å². The number of hydrogen-bond donors (Lipinski definition) is 0. The summed E-state index contributed by atoms with van der Waals surface area (Å²) in [6.07, 6.45) is 2.90. The van der Waals surface area contributed by atoms with Crippen LogP contribution >= 0.6 is 0 Å². The number of aryl methyl sites for hydroxylation is 1. The maximum Gasteiger partial charge on any atom is 0.233 e. The van der Waals surface area contributed by atoms with E-state index in [4.69, 9.17) is 0 Å². The molecule has 16 heavy (non-hydrogen) atoms. The molecule has 0 N–H and O–H groups in total. The number of carbonyl (C=O) groups excluding carboxylic acids is 1. The van der Waals surface area contributed by atoms with Crippen LogP contribution in [-0.4, -0.2) is 15.8 Å². The van der Waals surface area contributed by atoms with Crippen LogP contribution in [0.5, 0.6) is 0 Å². The minimum atomic E-state index is -0.553. The zero-order chi connectivity index (χ0) is 11.5. The van der Waals surface area contributed by atoms with Crippen molar-refractivity contribution in [1.82, 2.24) is 9.97 Å². The number of rotatable bonds is 2. The fraction of sp³-hybridized carbons (Fsp3) is 0.0833. The van der Waals surface area contributed by atoms with Crippen LogP contribution in [0, 0.1) is 12.7 Å². The predicted molar refractivity (Wildman–Crippen MR) is 56.6 cm³/mol. The summed E-state index contributed by atoms with van der Waals surface area (Å²) >= 11 is 0. The van der Waals surface area contributed by atoms with Crippen LogP contribution in [0.4, 0.5) is 4.39 Å². The third-order valence-corrected chi connectivity index (χ3v) is 2.14.